The molecule has 1 rings (SSSR count). The van der Waals surface area contributed by atoms with Gasteiger partial charge in [-0.25, -0.2) is 9.55 Å². The lowest BCUT2D eigenvalue weighted by atomic mass is 10.4. The van der Waals surface area contributed by atoms with Gasteiger partial charge in [0.2, 0.25) is 5.91 Å². The van der Waals surface area contributed by atoms with Crippen LogP contribution in [0.25, 0.3) is 0 Å². The Morgan fingerprint density at radius 2 is 2.20 bits per heavy atom. The number of hydrogen-bond donors (Lipinski definition) is 2. The molecule has 0 bridgehead atoms. The topological polar surface area (TPSA) is 145 Å². The molecule has 0 saturated heterocycles. The van der Waals surface area contributed by atoms with E-state index in [1.165, 1.54) is 9.47 Å². The molecule has 0 atom stereocenters. The molecule has 0 aromatic carbocycles. The van der Waals surface area contributed by atoms with E-state index in [1.807, 2.05) is 0 Å². The molecule has 0 aliphatic heterocycles. The number of imidazole rings is 1. The summed E-state index contributed by atoms with van der Waals surface area (Å²) < 4.78 is 1.34. The largest absolute Gasteiger partial charge is 0.480 e. The van der Waals surface area contributed by atoms with Gasteiger partial charge in [-0.1, -0.05) is 0 Å². The molecule has 0 aliphatic rings. The molecule has 1 aromatic heterocycles. The molecule has 0 radical (unpaired) electrons. The Morgan fingerprint density at radius 1 is 1.55 bits per heavy atom. The van der Waals surface area contributed by atoms with E-state index in [1.54, 1.807) is 6.92 Å². The van der Waals surface area contributed by atoms with Gasteiger partial charge in [-0.05, 0) is 4.92 Å². The summed E-state index contributed by atoms with van der Waals surface area (Å²) in [5.41, 5.74) is 5.03. The van der Waals surface area contributed by atoms with Crippen LogP contribution in [0.2, 0.25) is 0 Å². The molecule has 0 fully saturated rings. The highest BCUT2D eigenvalue weighted by atomic mass is 16.6. The second kappa shape index (κ2) is 6.61. The van der Waals surface area contributed by atoms with Crippen LogP contribution < -0.4 is 5.73 Å². The van der Waals surface area contributed by atoms with Crippen LogP contribution in [0.15, 0.2) is 6.20 Å². The van der Waals surface area contributed by atoms with Crippen LogP contribution in [0, 0.1) is 17.0 Å². The minimum Gasteiger partial charge on any atom is -0.480 e. The first-order chi connectivity index (χ1) is 9.31. The van der Waals surface area contributed by atoms with Crippen molar-refractivity contribution < 1.29 is 19.6 Å². The summed E-state index contributed by atoms with van der Waals surface area (Å²) in [6.45, 7) is 1.27. The monoisotopic (exact) mass is 285 g/mol. The number of primary amides is 1. The Bertz CT molecular complexity index is 510. The maximum absolute atomic E-state index is 10.9. The minimum absolute atomic E-state index is 0.132. The van der Waals surface area contributed by atoms with Crippen LogP contribution in [0.1, 0.15) is 5.82 Å². The smallest absolute Gasteiger partial charge is 0.342 e. The molecule has 1 heterocycles. The second-order valence-electron chi connectivity index (χ2n) is 4.14. The van der Waals surface area contributed by atoms with Crippen molar-refractivity contribution in [1.82, 2.24) is 14.5 Å². The van der Waals surface area contributed by atoms with Crippen LogP contribution >= 0.6 is 0 Å². The van der Waals surface area contributed by atoms with E-state index in [0.29, 0.717) is 5.82 Å². The molecule has 0 aliphatic carbocycles. The number of nitrogens with zero attached hydrogens (tertiary/aromatic N) is 4. The van der Waals surface area contributed by atoms with Crippen LogP contribution in [0.3, 0.4) is 0 Å². The summed E-state index contributed by atoms with van der Waals surface area (Å²) in [6, 6.07) is 0. The SMILES string of the molecule is Cc1ncc([N+](=O)[O-])n1CCN(CC(N)=O)CC(=O)O. The van der Waals surface area contributed by atoms with Gasteiger partial charge in [0, 0.05) is 13.5 Å². The lowest BCUT2D eigenvalue weighted by molar-refractivity contribution is -0.392. The molecule has 3 N–H and O–H groups in total. The Hall–Kier alpha value is -2.49. The normalized spacial score (nSPS) is 10.7. The van der Waals surface area contributed by atoms with E-state index < -0.39 is 16.8 Å². The number of carboxylic acid groups (broad SMARTS) is 1. The van der Waals surface area contributed by atoms with Gasteiger partial charge in [0.1, 0.15) is 12.7 Å². The second-order valence-corrected chi connectivity index (χ2v) is 4.14. The Kier molecular flexibility index (Phi) is 5.15. The summed E-state index contributed by atoms with van der Waals surface area (Å²) in [5, 5.41) is 19.5. The average molecular weight is 285 g/mol. The number of aromatic nitrogens is 2. The number of carboxylic acids is 1. The Balaban J connectivity index is 2.76. The van der Waals surface area contributed by atoms with Crippen LogP contribution in [0.5, 0.6) is 0 Å². The van der Waals surface area contributed by atoms with Crippen molar-refractivity contribution in [3.8, 4) is 0 Å². The van der Waals surface area contributed by atoms with Gasteiger partial charge in [0.15, 0.2) is 5.82 Å². The fourth-order valence-electron chi connectivity index (χ4n) is 1.75. The fourth-order valence-corrected chi connectivity index (χ4v) is 1.75. The molecule has 10 heteroatoms. The number of carbonyl (C=O) groups is 2. The average Bonchev–Trinajstić information content (AvgIpc) is 2.66. The highest BCUT2D eigenvalue weighted by molar-refractivity contribution is 5.77. The first-order valence-corrected chi connectivity index (χ1v) is 5.70. The number of hydrogen-bond acceptors (Lipinski definition) is 6. The highest BCUT2D eigenvalue weighted by Gasteiger charge is 2.19. The maximum Gasteiger partial charge on any atom is 0.342 e. The number of rotatable bonds is 8. The van der Waals surface area contributed by atoms with E-state index >= 15 is 0 Å². The highest BCUT2D eigenvalue weighted by Crippen LogP contribution is 2.13. The predicted molar refractivity (Wildman–Crippen MR) is 66.9 cm³/mol. The van der Waals surface area contributed by atoms with Crippen molar-refractivity contribution >= 4 is 17.7 Å². The first-order valence-electron chi connectivity index (χ1n) is 5.70. The summed E-state index contributed by atoms with van der Waals surface area (Å²) in [4.78, 5) is 36.9. The van der Waals surface area contributed by atoms with Crippen molar-refractivity contribution in [2.75, 3.05) is 19.6 Å². The van der Waals surface area contributed by atoms with E-state index in [0.717, 1.165) is 6.20 Å². The molecule has 1 aromatic rings. The zero-order valence-electron chi connectivity index (χ0n) is 10.9. The molecule has 20 heavy (non-hydrogen) atoms. The molecule has 0 unspecified atom stereocenters. The molecule has 10 nitrogen and oxygen atoms in total. The standard InChI is InChI=1S/C10H15N5O5/c1-7-12-4-9(15(19)20)14(7)3-2-13(5-8(11)16)6-10(17)18/h4H,2-3,5-6H2,1H3,(H2,11,16)(H,17,18). The number of carbonyl (C=O) groups excluding carboxylic acids is 1. The molecular weight excluding hydrogens is 270 g/mol. The number of nitrogens with two attached hydrogens (primary N) is 1. The van der Waals surface area contributed by atoms with E-state index in [2.05, 4.69) is 4.98 Å². The van der Waals surface area contributed by atoms with Crippen LogP contribution in [-0.4, -0.2) is 56.0 Å². The molecule has 0 saturated carbocycles. The molecule has 110 valence electrons. The van der Waals surface area contributed by atoms with E-state index in [9.17, 15) is 19.7 Å². The molecular formula is C10H15N5O5. The number of aryl methyl sites for hydroxylation is 1. The van der Waals surface area contributed by atoms with E-state index in [4.69, 9.17) is 10.8 Å². The summed E-state index contributed by atoms with van der Waals surface area (Å²) >= 11 is 0. The lowest BCUT2D eigenvalue weighted by Gasteiger charge is -2.17. The van der Waals surface area contributed by atoms with Crippen molar-refractivity contribution in [2.45, 2.75) is 13.5 Å². The zero-order valence-corrected chi connectivity index (χ0v) is 10.9. The number of nitro groups is 1. The Morgan fingerprint density at radius 3 is 2.70 bits per heavy atom. The molecule has 1 amide bonds. The fraction of sp³-hybridized carbons (Fsp3) is 0.500. The number of aliphatic carboxylic acids is 1. The molecule has 0 spiro atoms. The quantitative estimate of drug-likeness (QED) is 0.459. The van der Waals surface area contributed by atoms with Crippen LogP contribution in [-0.2, 0) is 16.1 Å². The third-order valence-corrected chi connectivity index (χ3v) is 2.60. The van der Waals surface area contributed by atoms with Gasteiger partial charge < -0.3 is 21.0 Å². The summed E-state index contributed by atoms with van der Waals surface area (Å²) in [7, 11) is 0. The lowest BCUT2D eigenvalue weighted by Crippen LogP contribution is -2.39. The van der Waals surface area contributed by atoms with Crippen molar-refractivity contribution in [2.24, 2.45) is 5.73 Å². The predicted octanol–water partition coefficient (Wildman–Crippen LogP) is -1.03. The van der Waals surface area contributed by atoms with Gasteiger partial charge in [0.05, 0.1) is 13.1 Å². The zero-order chi connectivity index (χ0) is 15.3. The van der Waals surface area contributed by atoms with Gasteiger partial charge in [-0.2, -0.15) is 0 Å². The van der Waals surface area contributed by atoms with Gasteiger partial charge in [-0.3, -0.25) is 14.5 Å². The van der Waals surface area contributed by atoms with Crippen molar-refractivity contribution in [1.29, 1.82) is 0 Å². The summed E-state index contributed by atoms with van der Waals surface area (Å²) in [6.07, 6.45) is 1.13. The third-order valence-electron chi connectivity index (χ3n) is 2.60. The van der Waals surface area contributed by atoms with Crippen LogP contribution in [0.4, 0.5) is 5.82 Å². The number of amides is 1. The van der Waals surface area contributed by atoms with Crippen molar-refractivity contribution in [3.63, 3.8) is 0 Å². The minimum atomic E-state index is -1.11. The first kappa shape index (κ1) is 15.6. The van der Waals surface area contributed by atoms with Crippen molar-refractivity contribution in [3.05, 3.63) is 22.1 Å². The van der Waals surface area contributed by atoms with Gasteiger partial charge in [0.25, 0.3) is 0 Å². The Labute approximate surface area is 113 Å². The van der Waals surface area contributed by atoms with Gasteiger partial charge in [-0.15, -0.1) is 0 Å². The maximum atomic E-state index is 10.9. The van der Waals surface area contributed by atoms with E-state index in [-0.39, 0.29) is 32.0 Å². The summed E-state index contributed by atoms with van der Waals surface area (Å²) in [5.74, 6) is -1.52. The third kappa shape index (κ3) is 4.31. The van der Waals surface area contributed by atoms with Gasteiger partial charge >= 0.3 is 11.8 Å².